The summed E-state index contributed by atoms with van der Waals surface area (Å²) in [5, 5.41) is 6.75. The van der Waals surface area contributed by atoms with E-state index in [0.717, 1.165) is 16.6 Å². The number of rotatable bonds is 7. The lowest BCUT2D eigenvalue weighted by Crippen LogP contribution is -2.22. The number of aromatic nitrogens is 4. The molecule has 2 aromatic heterocycles. The number of nitrogens with one attached hydrogen (secondary N) is 2. The van der Waals surface area contributed by atoms with Crippen molar-refractivity contribution in [3.8, 4) is 5.75 Å². The number of benzene rings is 2. The molecule has 4 rings (SSSR count). The van der Waals surface area contributed by atoms with E-state index in [9.17, 15) is 4.79 Å². The van der Waals surface area contributed by atoms with Crippen LogP contribution in [0.1, 0.15) is 34.6 Å². The lowest BCUT2D eigenvalue weighted by atomic mass is 10.1. The Morgan fingerprint density at radius 3 is 2.86 bits per heavy atom. The van der Waals surface area contributed by atoms with Gasteiger partial charge in [0.25, 0.3) is 5.91 Å². The maximum atomic E-state index is 12.4. The van der Waals surface area contributed by atoms with Gasteiger partial charge < -0.3 is 19.6 Å². The molecule has 0 aliphatic rings. The highest BCUT2D eigenvalue weighted by Gasteiger charge is 2.08. The third-order valence-electron chi connectivity index (χ3n) is 4.23. The van der Waals surface area contributed by atoms with Gasteiger partial charge in [-0.1, -0.05) is 18.1 Å². The Balaban J connectivity index is 1.31. The van der Waals surface area contributed by atoms with Crippen molar-refractivity contribution in [3.05, 3.63) is 71.6 Å². The Labute approximate surface area is 160 Å². The van der Waals surface area contributed by atoms with E-state index < -0.39 is 0 Å². The minimum atomic E-state index is -0.151. The maximum Gasteiger partial charge on any atom is 0.251 e. The molecule has 4 aromatic rings. The second-order valence-corrected chi connectivity index (χ2v) is 6.21. The summed E-state index contributed by atoms with van der Waals surface area (Å²) < 4.78 is 10.7. The number of hydrogen-bond donors (Lipinski definition) is 2. The molecule has 0 saturated carbocycles. The van der Waals surface area contributed by atoms with Crippen molar-refractivity contribution in [1.82, 2.24) is 25.4 Å². The van der Waals surface area contributed by atoms with E-state index in [2.05, 4.69) is 25.4 Å². The number of imidazole rings is 1. The second kappa shape index (κ2) is 7.91. The minimum Gasteiger partial charge on any atom is -0.485 e. The summed E-state index contributed by atoms with van der Waals surface area (Å²) in [4.78, 5) is 23.8. The van der Waals surface area contributed by atoms with Crippen LogP contribution in [0.4, 0.5) is 0 Å². The van der Waals surface area contributed by atoms with Gasteiger partial charge in [0.05, 0.1) is 17.4 Å². The highest BCUT2D eigenvalue weighted by Crippen LogP contribution is 2.15. The first kappa shape index (κ1) is 17.7. The van der Waals surface area contributed by atoms with Crippen molar-refractivity contribution in [2.24, 2.45) is 0 Å². The number of amides is 1. The van der Waals surface area contributed by atoms with Gasteiger partial charge in [0, 0.05) is 18.5 Å². The first-order chi connectivity index (χ1) is 13.7. The Hall–Kier alpha value is -3.68. The highest BCUT2D eigenvalue weighted by molar-refractivity contribution is 5.94. The third kappa shape index (κ3) is 4.01. The molecule has 0 saturated heterocycles. The number of carbonyl (C=O) groups is 1. The number of carbonyl (C=O) groups excluding carboxylic acids is 1. The lowest BCUT2D eigenvalue weighted by Gasteiger charge is -2.07. The Morgan fingerprint density at radius 1 is 1.21 bits per heavy atom. The van der Waals surface area contributed by atoms with Gasteiger partial charge in [-0.3, -0.25) is 4.79 Å². The van der Waals surface area contributed by atoms with Crippen LogP contribution in [-0.2, 0) is 19.6 Å². The quantitative estimate of drug-likeness (QED) is 0.513. The SMILES string of the molecule is CCc1nc(COc2ccc(C(=O)NCc3ccc4nc[nH]c4c3)cc2)no1. The fourth-order valence-corrected chi connectivity index (χ4v) is 2.72. The highest BCUT2D eigenvalue weighted by atomic mass is 16.5. The largest absolute Gasteiger partial charge is 0.485 e. The maximum absolute atomic E-state index is 12.4. The average Bonchev–Trinajstić information content (AvgIpc) is 3.39. The monoisotopic (exact) mass is 377 g/mol. The smallest absolute Gasteiger partial charge is 0.251 e. The fraction of sp³-hybridized carbons (Fsp3) is 0.200. The minimum absolute atomic E-state index is 0.151. The number of ether oxygens (including phenoxy) is 1. The molecule has 0 unspecified atom stereocenters. The molecule has 0 bridgehead atoms. The van der Waals surface area contributed by atoms with Crippen molar-refractivity contribution >= 4 is 16.9 Å². The van der Waals surface area contributed by atoms with Gasteiger partial charge in [-0.05, 0) is 42.0 Å². The molecule has 0 atom stereocenters. The zero-order valence-corrected chi connectivity index (χ0v) is 15.3. The summed E-state index contributed by atoms with van der Waals surface area (Å²) in [6.07, 6.45) is 2.34. The standard InChI is InChI=1S/C20H19N5O3/c1-2-19-24-18(25-28-19)11-27-15-6-4-14(5-7-15)20(26)21-10-13-3-8-16-17(9-13)23-12-22-16/h3-9,12H,2,10-11H2,1H3,(H,21,26)(H,22,23). The van der Waals surface area contributed by atoms with E-state index in [1.54, 1.807) is 30.6 Å². The normalized spacial score (nSPS) is 10.9. The van der Waals surface area contributed by atoms with Crippen LogP contribution < -0.4 is 10.1 Å². The molecule has 1 amide bonds. The van der Waals surface area contributed by atoms with Gasteiger partial charge in [0.2, 0.25) is 11.7 Å². The molecule has 2 N–H and O–H groups in total. The first-order valence-corrected chi connectivity index (χ1v) is 8.96. The number of fused-ring (bicyclic) bond motifs is 1. The van der Waals surface area contributed by atoms with Crippen LogP contribution in [0, 0.1) is 0 Å². The van der Waals surface area contributed by atoms with Crippen LogP contribution in [0.2, 0.25) is 0 Å². The predicted octanol–water partition coefficient (Wildman–Crippen LogP) is 3.02. The van der Waals surface area contributed by atoms with Crippen LogP contribution in [0.25, 0.3) is 11.0 Å². The average molecular weight is 377 g/mol. The van der Waals surface area contributed by atoms with Crippen LogP contribution >= 0.6 is 0 Å². The van der Waals surface area contributed by atoms with Crippen molar-refractivity contribution < 1.29 is 14.1 Å². The fourth-order valence-electron chi connectivity index (χ4n) is 2.72. The van der Waals surface area contributed by atoms with Crippen molar-refractivity contribution in [1.29, 1.82) is 0 Å². The van der Waals surface area contributed by atoms with E-state index in [1.807, 2.05) is 25.1 Å². The number of aromatic amines is 1. The predicted molar refractivity (Wildman–Crippen MR) is 102 cm³/mol. The number of hydrogen-bond acceptors (Lipinski definition) is 6. The number of aryl methyl sites for hydroxylation is 1. The van der Waals surface area contributed by atoms with Gasteiger partial charge in [-0.25, -0.2) is 4.98 Å². The van der Waals surface area contributed by atoms with Crippen LogP contribution in [0.15, 0.2) is 53.3 Å². The molecule has 0 spiro atoms. The Morgan fingerprint density at radius 2 is 2.07 bits per heavy atom. The van der Waals surface area contributed by atoms with E-state index in [-0.39, 0.29) is 12.5 Å². The summed E-state index contributed by atoms with van der Waals surface area (Å²) in [7, 11) is 0. The van der Waals surface area contributed by atoms with Crippen LogP contribution in [-0.4, -0.2) is 26.0 Å². The van der Waals surface area contributed by atoms with E-state index >= 15 is 0 Å². The summed E-state index contributed by atoms with van der Waals surface area (Å²) in [5.74, 6) is 1.55. The zero-order chi connectivity index (χ0) is 19.3. The van der Waals surface area contributed by atoms with Gasteiger partial charge in [-0.2, -0.15) is 4.98 Å². The molecular weight excluding hydrogens is 358 g/mol. The van der Waals surface area contributed by atoms with Gasteiger partial charge in [0.1, 0.15) is 5.75 Å². The summed E-state index contributed by atoms with van der Waals surface area (Å²) >= 11 is 0. The molecule has 142 valence electrons. The molecule has 2 heterocycles. The van der Waals surface area contributed by atoms with Crippen LogP contribution in [0.5, 0.6) is 5.75 Å². The lowest BCUT2D eigenvalue weighted by molar-refractivity contribution is 0.0951. The summed E-state index contributed by atoms with van der Waals surface area (Å²) in [6.45, 7) is 2.59. The number of nitrogens with zero attached hydrogens (tertiary/aromatic N) is 3. The molecule has 0 aliphatic heterocycles. The molecule has 2 aromatic carbocycles. The van der Waals surface area contributed by atoms with Crippen LogP contribution in [0.3, 0.4) is 0 Å². The Bertz CT molecular complexity index is 1080. The van der Waals surface area contributed by atoms with Crippen molar-refractivity contribution in [3.63, 3.8) is 0 Å². The van der Waals surface area contributed by atoms with Crippen molar-refractivity contribution in [2.45, 2.75) is 26.5 Å². The third-order valence-corrected chi connectivity index (χ3v) is 4.23. The van der Waals surface area contributed by atoms with Gasteiger partial charge in [0.15, 0.2) is 6.61 Å². The van der Waals surface area contributed by atoms with E-state index in [0.29, 0.717) is 36.0 Å². The zero-order valence-electron chi connectivity index (χ0n) is 15.3. The van der Waals surface area contributed by atoms with E-state index in [1.165, 1.54) is 0 Å². The van der Waals surface area contributed by atoms with Gasteiger partial charge >= 0.3 is 0 Å². The first-order valence-electron chi connectivity index (χ1n) is 8.96. The summed E-state index contributed by atoms with van der Waals surface area (Å²) in [6, 6.07) is 12.8. The molecule has 0 aliphatic carbocycles. The van der Waals surface area contributed by atoms with Crippen molar-refractivity contribution in [2.75, 3.05) is 0 Å². The number of H-pyrrole nitrogens is 1. The molecule has 0 radical (unpaired) electrons. The second-order valence-electron chi connectivity index (χ2n) is 6.21. The topological polar surface area (TPSA) is 106 Å². The molecule has 0 fully saturated rings. The molecule has 28 heavy (non-hydrogen) atoms. The van der Waals surface area contributed by atoms with Gasteiger partial charge in [-0.15, -0.1) is 0 Å². The molecular formula is C20H19N5O3. The van der Waals surface area contributed by atoms with E-state index in [4.69, 9.17) is 9.26 Å². The molecule has 8 heteroatoms. The Kier molecular flexibility index (Phi) is 5.01. The molecule has 8 nitrogen and oxygen atoms in total. The summed E-state index contributed by atoms with van der Waals surface area (Å²) in [5.41, 5.74) is 3.40.